The van der Waals surface area contributed by atoms with Gasteiger partial charge in [0, 0.05) is 11.3 Å². The van der Waals surface area contributed by atoms with Gasteiger partial charge in [-0.3, -0.25) is 19.4 Å². The molecule has 2 aliphatic heterocycles. The Morgan fingerprint density at radius 3 is 2.66 bits per heavy atom. The normalized spacial score (nSPS) is 15.8. The fourth-order valence-electron chi connectivity index (χ4n) is 4.01. The van der Waals surface area contributed by atoms with Crippen molar-refractivity contribution in [3.8, 4) is 5.75 Å². The first-order chi connectivity index (χ1) is 18.5. The maximum Gasteiger partial charge on any atom is 0.259 e. The molecule has 0 unspecified atom stereocenters. The van der Waals surface area contributed by atoms with Gasteiger partial charge in [0.1, 0.15) is 23.4 Å². The summed E-state index contributed by atoms with van der Waals surface area (Å²) in [5.74, 6) is 0.860. The summed E-state index contributed by atoms with van der Waals surface area (Å²) < 4.78 is 10.7. The Hall–Kier alpha value is -4.38. The molecule has 1 atom stereocenters. The van der Waals surface area contributed by atoms with Crippen LogP contribution in [-0.4, -0.2) is 52.0 Å². The number of carbonyl (C=O) groups excluding carboxylic acids is 3. The summed E-state index contributed by atoms with van der Waals surface area (Å²) in [5, 5.41) is 5.93. The zero-order valence-corrected chi connectivity index (χ0v) is 21.4. The van der Waals surface area contributed by atoms with Gasteiger partial charge in [-0.1, -0.05) is 23.9 Å². The Bertz CT molecular complexity index is 1400. The number of hydrogen-bond acceptors (Lipinski definition) is 8. The molecule has 0 saturated carbocycles. The number of rotatable bonds is 9. The smallest absolute Gasteiger partial charge is 0.259 e. The minimum atomic E-state index is -0.892. The molecule has 10 nitrogen and oxygen atoms in total. The molecule has 2 aromatic carbocycles. The number of amidine groups is 2. The first-order valence-electron chi connectivity index (χ1n) is 12.1. The molecule has 3 heterocycles. The van der Waals surface area contributed by atoms with Crippen molar-refractivity contribution in [2.45, 2.75) is 25.9 Å². The lowest BCUT2D eigenvalue weighted by atomic mass is 10.1. The summed E-state index contributed by atoms with van der Waals surface area (Å²) in [6.45, 7) is 2.69. The average molecular weight is 532 g/mol. The van der Waals surface area contributed by atoms with E-state index in [2.05, 4.69) is 20.6 Å². The lowest BCUT2D eigenvalue weighted by Gasteiger charge is -2.25. The van der Waals surface area contributed by atoms with Gasteiger partial charge in [-0.05, 0) is 55.5 Å². The van der Waals surface area contributed by atoms with E-state index in [0.29, 0.717) is 40.3 Å². The largest absolute Gasteiger partial charge is 0.494 e. The number of hydrogen-bond donors (Lipinski definition) is 2. The van der Waals surface area contributed by atoms with Gasteiger partial charge in [-0.25, -0.2) is 9.89 Å². The molecule has 0 bridgehead atoms. The van der Waals surface area contributed by atoms with Crippen molar-refractivity contribution in [1.82, 2.24) is 10.2 Å². The van der Waals surface area contributed by atoms with Crippen molar-refractivity contribution in [3.63, 3.8) is 0 Å². The van der Waals surface area contributed by atoms with Gasteiger partial charge in [-0.15, -0.1) is 0 Å². The SMILES string of the molecule is CCOc1ccc(NC(=O)CSC2=Nc3ccccc3C3=N[C@H](CC(=O)NCc4ccco4)C(=O)N23)cc1. The van der Waals surface area contributed by atoms with Crippen LogP contribution in [0.5, 0.6) is 5.75 Å². The molecule has 0 radical (unpaired) electrons. The van der Waals surface area contributed by atoms with Crippen molar-refractivity contribution < 1.29 is 23.5 Å². The van der Waals surface area contributed by atoms with E-state index in [4.69, 9.17) is 9.15 Å². The number of nitrogens with one attached hydrogen (secondary N) is 2. The number of para-hydroxylation sites is 1. The molecule has 0 saturated heterocycles. The minimum absolute atomic E-state index is 0.0274. The zero-order chi connectivity index (χ0) is 26.5. The molecule has 3 amide bonds. The predicted octanol–water partition coefficient (Wildman–Crippen LogP) is 3.72. The van der Waals surface area contributed by atoms with Gasteiger partial charge in [-0.2, -0.15) is 0 Å². The van der Waals surface area contributed by atoms with Crippen molar-refractivity contribution in [3.05, 3.63) is 78.3 Å². The number of amides is 3. The van der Waals surface area contributed by atoms with Crippen molar-refractivity contribution in [2.75, 3.05) is 17.7 Å². The van der Waals surface area contributed by atoms with Crippen LogP contribution in [-0.2, 0) is 20.9 Å². The quantitative estimate of drug-likeness (QED) is 0.434. The second kappa shape index (κ2) is 11.3. The molecule has 0 aliphatic carbocycles. The fourth-order valence-corrected chi connectivity index (χ4v) is 4.81. The molecule has 3 aromatic rings. The Balaban J connectivity index is 1.26. The third-order valence-corrected chi connectivity index (χ3v) is 6.69. The van der Waals surface area contributed by atoms with Gasteiger partial charge in [0.25, 0.3) is 5.91 Å². The average Bonchev–Trinajstić information content (AvgIpc) is 3.56. The molecular formula is C27H25N5O5S. The summed E-state index contributed by atoms with van der Waals surface area (Å²) in [7, 11) is 0. The van der Waals surface area contributed by atoms with E-state index in [1.807, 2.05) is 31.2 Å². The van der Waals surface area contributed by atoms with Crippen LogP contribution in [0.3, 0.4) is 0 Å². The lowest BCUT2D eigenvalue weighted by Crippen LogP contribution is -2.42. The number of carbonyl (C=O) groups is 3. The zero-order valence-electron chi connectivity index (χ0n) is 20.5. The second-order valence-electron chi connectivity index (χ2n) is 8.41. The molecule has 0 spiro atoms. The summed E-state index contributed by atoms with van der Waals surface area (Å²) in [5.41, 5.74) is 1.98. The van der Waals surface area contributed by atoms with E-state index in [0.717, 1.165) is 17.5 Å². The minimum Gasteiger partial charge on any atom is -0.494 e. The second-order valence-corrected chi connectivity index (χ2v) is 9.35. The van der Waals surface area contributed by atoms with Crippen LogP contribution in [0.2, 0.25) is 0 Å². The molecule has 5 rings (SSSR count). The summed E-state index contributed by atoms with van der Waals surface area (Å²) in [4.78, 5) is 49.2. The van der Waals surface area contributed by atoms with E-state index in [9.17, 15) is 14.4 Å². The number of furan rings is 1. The molecule has 0 fully saturated rings. The van der Waals surface area contributed by atoms with E-state index in [-0.39, 0.29) is 36.4 Å². The molecule has 1 aromatic heterocycles. The van der Waals surface area contributed by atoms with Crippen LogP contribution in [0.1, 0.15) is 24.7 Å². The van der Waals surface area contributed by atoms with Crippen LogP contribution < -0.4 is 15.4 Å². The number of ether oxygens (including phenoxy) is 1. The summed E-state index contributed by atoms with van der Waals surface area (Å²) in [6.07, 6.45) is 1.41. The van der Waals surface area contributed by atoms with Crippen molar-refractivity contribution in [1.29, 1.82) is 0 Å². The molecule has 2 aliphatic rings. The number of anilines is 1. The van der Waals surface area contributed by atoms with Gasteiger partial charge in [0.05, 0.1) is 37.3 Å². The van der Waals surface area contributed by atoms with Crippen molar-refractivity contribution >= 4 is 51.9 Å². The van der Waals surface area contributed by atoms with E-state index in [1.165, 1.54) is 11.2 Å². The highest BCUT2D eigenvalue weighted by Gasteiger charge is 2.42. The summed E-state index contributed by atoms with van der Waals surface area (Å²) in [6, 6.07) is 17.0. The van der Waals surface area contributed by atoms with Gasteiger partial charge < -0.3 is 19.8 Å². The highest BCUT2D eigenvalue weighted by atomic mass is 32.2. The maximum absolute atomic E-state index is 13.4. The monoisotopic (exact) mass is 531 g/mol. The predicted molar refractivity (Wildman–Crippen MR) is 145 cm³/mol. The van der Waals surface area contributed by atoms with Gasteiger partial charge in [0.15, 0.2) is 5.17 Å². The molecule has 194 valence electrons. The van der Waals surface area contributed by atoms with E-state index in [1.54, 1.807) is 36.4 Å². The Labute approximate surface area is 223 Å². The maximum atomic E-state index is 13.4. The van der Waals surface area contributed by atoms with Crippen molar-refractivity contribution in [2.24, 2.45) is 9.98 Å². The number of nitrogens with zero attached hydrogens (tertiary/aromatic N) is 3. The van der Waals surface area contributed by atoms with Gasteiger partial charge >= 0.3 is 0 Å². The third-order valence-electron chi connectivity index (χ3n) is 5.75. The first-order valence-corrected chi connectivity index (χ1v) is 13.0. The number of thioether (sulfide) groups is 1. The first kappa shape index (κ1) is 25.3. The standard InChI is InChI=1S/C27H25N5O5S/c1-2-36-18-11-9-17(10-12-18)29-24(34)16-38-27-31-21-8-4-3-7-20(21)25-30-22(26(35)32(25)27)14-23(33)28-15-19-6-5-13-37-19/h3-13,22H,2,14-16H2,1H3,(H,28,33)(H,29,34)/t22-/m1/s1. The van der Waals surface area contributed by atoms with Crippen LogP contribution in [0.25, 0.3) is 0 Å². The number of benzene rings is 2. The van der Waals surface area contributed by atoms with Crippen LogP contribution in [0.15, 0.2) is 81.3 Å². The molecule has 2 N–H and O–H groups in total. The highest BCUT2D eigenvalue weighted by molar-refractivity contribution is 8.14. The van der Waals surface area contributed by atoms with E-state index >= 15 is 0 Å². The van der Waals surface area contributed by atoms with E-state index < -0.39 is 6.04 Å². The summed E-state index contributed by atoms with van der Waals surface area (Å²) >= 11 is 1.13. The molecule has 11 heteroatoms. The lowest BCUT2D eigenvalue weighted by molar-refractivity contribution is -0.128. The van der Waals surface area contributed by atoms with Crippen LogP contribution >= 0.6 is 11.8 Å². The van der Waals surface area contributed by atoms with Crippen LogP contribution in [0, 0.1) is 0 Å². The molecular weight excluding hydrogens is 506 g/mol. The number of fused-ring (bicyclic) bond motifs is 3. The fraction of sp³-hybridized carbons (Fsp3) is 0.222. The Morgan fingerprint density at radius 1 is 1.08 bits per heavy atom. The highest BCUT2D eigenvalue weighted by Crippen LogP contribution is 2.34. The van der Waals surface area contributed by atoms with Gasteiger partial charge in [0.2, 0.25) is 11.8 Å². The topological polar surface area (TPSA) is 126 Å². The third kappa shape index (κ3) is 5.62. The molecule has 38 heavy (non-hydrogen) atoms. The van der Waals surface area contributed by atoms with Crippen LogP contribution in [0.4, 0.5) is 11.4 Å². The number of aliphatic imine (C=N–C) groups is 2. The Kier molecular flexibility index (Phi) is 7.55. The Morgan fingerprint density at radius 2 is 1.89 bits per heavy atom.